The Hall–Kier alpha value is -2.43. The summed E-state index contributed by atoms with van der Waals surface area (Å²) in [6.45, 7) is 1.89. The van der Waals surface area contributed by atoms with E-state index in [9.17, 15) is 4.79 Å². The standard InChI is InChI=1S/C20H20N2OS/c1-15(20(23)22-17-11-6-3-7-12-17)21-19(18-13-8-14-24-18)16-9-4-2-5-10-16/h2-15,19,21H,1H3,(H,22,23). The quantitative estimate of drug-likeness (QED) is 0.698. The number of thiophene rings is 1. The van der Waals surface area contributed by atoms with E-state index in [1.165, 1.54) is 4.88 Å². The van der Waals surface area contributed by atoms with E-state index < -0.39 is 0 Å². The van der Waals surface area contributed by atoms with Gasteiger partial charge in [0.05, 0.1) is 12.1 Å². The summed E-state index contributed by atoms with van der Waals surface area (Å²) < 4.78 is 0. The highest BCUT2D eigenvalue weighted by molar-refractivity contribution is 7.10. The fraction of sp³-hybridized carbons (Fsp3) is 0.150. The highest BCUT2D eigenvalue weighted by atomic mass is 32.1. The first-order chi connectivity index (χ1) is 11.7. The smallest absolute Gasteiger partial charge is 0.241 e. The fourth-order valence-electron chi connectivity index (χ4n) is 2.54. The summed E-state index contributed by atoms with van der Waals surface area (Å²) in [5.41, 5.74) is 1.96. The molecule has 0 bridgehead atoms. The largest absolute Gasteiger partial charge is 0.325 e. The van der Waals surface area contributed by atoms with Crippen molar-refractivity contribution in [1.82, 2.24) is 5.32 Å². The summed E-state index contributed by atoms with van der Waals surface area (Å²) >= 11 is 1.69. The van der Waals surface area contributed by atoms with Crippen LogP contribution in [0.15, 0.2) is 78.2 Å². The van der Waals surface area contributed by atoms with Gasteiger partial charge in [-0.3, -0.25) is 10.1 Å². The lowest BCUT2D eigenvalue weighted by atomic mass is 10.0. The van der Waals surface area contributed by atoms with Crippen molar-refractivity contribution in [1.29, 1.82) is 0 Å². The lowest BCUT2D eigenvalue weighted by Gasteiger charge is -2.22. The van der Waals surface area contributed by atoms with Gasteiger partial charge in [-0.25, -0.2) is 0 Å². The van der Waals surface area contributed by atoms with E-state index in [4.69, 9.17) is 0 Å². The van der Waals surface area contributed by atoms with Crippen LogP contribution in [0.25, 0.3) is 0 Å². The minimum Gasteiger partial charge on any atom is -0.325 e. The zero-order valence-corrected chi connectivity index (χ0v) is 14.3. The summed E-state index contributed by atoms with van der Waals surface area (Å²) in [7, 11) is 0. The SMILES string of the molecule is CC(NC(c1ccccc1)c1cccs1)C(=O)Nc1ccccc1. The highest BCUT2D eigenvalue weighted by Crippen LogP contribution is 2.26. The molecule has 2 N–H and O–H groups in total. The molecule has 0 saturated carbocycles. The molecule has 2 unspecified atom stereocenters. The van der Waals surface area contributed by atoms with Gasteiger partial charge in [-0.15, -0.1) is 11.3 Å². The molecule has 2 aromatic carbocycles. The number of carbonyl (C=O) groups is 1. The first kappa shape index (κ1) is 16.4. The number of anilines is 1. The van der Waals surface area contributed by atoms with Crippen molar-refractivity contribution in [2.24, 2.45) is 0 Å². The third-order valence-electron chi connectivity index (χ3n) is 3.81. The van der Waals surface area contributed by atoms with Crippen LogP contribution in [-0.4, -0.2) is 11.9 Å². The van der Waals surface area contributed by atoms with Crippen LogP contribution in [0.2, 0.25) is 0 Å². The number of nitrogens with one attached hydrogen (secondary N) is 2. The summed E-state index contributed by atoms with van der Waals surface area (Å²) in [6, 6.07) is 23.5. The molecule has 0 saturated heterocycles. The van der Waals surface area contributed by atoms with Gasteiger partial charge in [0.1, 0.15) is 0 Å². The van der Waals surface area contributed by atoms with E-state index >= 15 is 0 Å². The molecule has 3 aromatic rings. The van der Waals surface area contributed by atoms with Gasteiger partial charge in [-0.05, 0) is 36.1 Å². The van der Waals surface area contributed by atoms with Crippen molar-refractivity contribution < 1.29 is 4.79 Å². The molecular formula is C20H20N2OS. The normalized spacial score (nSPS) is 13.2. The minimum atomic E-state index is -0.322. The fourth-order valence-corrected chi connectivity index (χ4v) is 3.35. The second-order valence-electron chi connectivity index (χ2n) is 5.60. The van der Waals surface area contributed by atoms with Gasteiger partial charge < -0.3 is 5.32 Å². The van der Waals surface area contributed by atoms with Crippen LogP contribution in [0.3, 0.4) is 0 Å². The Labute approximate surface area is 146 Å². The zero-order valence-electron chi connectivity index (χ0n) is 13.5. The van der Waals surface area contributed by atoms with Crippen LogP contribution >= 0.6 is 11.3 Å². The van der Waals surface area contributed by atoms with Crippen molar-refractivity contribution in [2.75, 3.05) is 5.32 Å². The Morgan fingerprint density at radius 3 is 2.21 bits per heavy atom. The Balaban J connectivity index is 1.74. The van der Waals surface area contributed by atoms with Crippen molar-refractivity contribution in [3.63, 3.8) is 0 Å². The molecule has 3 rings (SSSR count). The molecule has 0 fully saturated rings. The first-order valence-electron chi connectivity index (χ1n) is 7.94. The predicted molar refractivity (Wildman–Crippen MR) is 100 cm³/mol. The van der Waals surface area contributed by atoms with Crippen LogP contribution in [0.4, 0.5) is 5.69 Å². The summed E-state index contributed by atoms with van der Waals surface area (Å²) in [5.74, 6) is -0.0429. The van der Waals surface area contributed by atoms with Gasteiger partial charge in [0.2, 0.25) is 5.91 Å². The molecule has 0 aliphatic carbocycles. The number of hydrogen-bond acceptors (Lipinski definition) is 3. The summed E-state index contributed by atoms with van der Waals surface area (Å²) in [4.78, 5) is 13.7. The summed E-state index contributed by atoms with van der Waals surface area (Å²) in [5, 5.41) is 8.46. The maximum atomic E-state index is 12.5. The molecule has 122 valence electrons. The molecular weight excluding hydrogens is 316 g/mol. The van der Waals surface area contributed by atoms with Crippen molar-refractivity contribution >= 4 is 22.9 Å². The second kappa shape index (κ2) is 7.90. The van der Waals surface area contributed by atoms with E-state index in [1.807, 2.05) is 61.5 Å². The summed E-state index contributed by atoms with van der Waals surface area (Å²) in [6.07, 6.45) is 0. The predicted octanol–water partition coefficient (Wildman–Crippen LogP) is 4.45. The van der Waals surface area contributed by atoms with E-state index in [0.29, 0.717) is 0 Å². The maximum Gasteiger partial charge on any atom is 0.241 e. The van der Waals surface area contributed by atoms with E-state index in [1.54, 1.807) is 11.3 Å². The van der Waals surface area contributed by atoms with Gasteiger partial charge >= 0.3 is 0 Å². The molecule has 1 amide bonds. The van der Waals surface area contributed by atoms with E-state index in [2.05, 4.69) is 34.2 Å². The van der Waals surface area contributed by atoms with Crippen molar-refractivity contribution in [3.8, 4) is 0 Å². The molecule has 0 aliphatic heterocycles. The van der Waals surface area contributed by atoms with Gasteiger partial charge in [-0.1, -0.05) is 54.6 Å². The number of benzene rings is 2. The third kappa shape index (κ3) is 4.10. The van der Waals surface area contributed by atoms with Crippen molar-refractivity contribution in [3.05, 3.63) is 88.6 Å². The van der Waals surface area contributed by atoms with Gasteiger partial charge in [0.15, 0.2) is 0 Å². The first-order valence-corrected chi connectivity index (χ1v) is 8.82. The Morgan fingerprint density at radius 2 is 1.58 bits per heavy atom. The lowest BCUT2D eigenvalue weighted by molar-refractivity contribution is -0.117. The lowest BCUT2D eigenvalue weighted by Crippen LogP contribution is -2.40. The molecule has 0 aliphatic rings. The Kier molecular flexibility index (Phi) is 5.41. The van der Waals surface area contributed by atoms with Crippen LogP contribution in [0.1, 0.15) is 23.4 Å². The third-order valence-corrected chi connectivity index (χ3v) is 4.75. The van der Waals surface area contributed by atoms with Gasteiger partial charge in [0.25, 0.3) is 0 Å². The molecule has 0 radical (unpaired) electrons. The molecule has 4 heteroatoms. The molecule has 24 heavy (non-hydrogen) atoms. The zero-order chi connectivity index (χ0) is 16.8. The monoisotopic (exact) mass is 336 g/mol. The van der Waals surface area contributed by atoms with Crippen LogP contribution in [-0.2, 0) is 4.79 Å². The molecule has 1 aromatic heterocycles. The average molecular weight is 336 g/mol. The van der Waals surface area contributed by atoms with Crippen LogP contribution < -0.4 is 10.6 Å². The Morgan fingerprint density at radius 1 is 0.917 bits per heavy atom. The van der Waals surface area contributed by atoms with E-state index in [0.717, 1.165) is 11.3 Å². The van der Waals surface area contributed by atoms with Gasteiger partial charge in [-0.2, -0.15) is 0 Å². The molecule has 1 heterocycles. The van der Waals surface area contributed by atoms with Crippen LogP contribution in [0.5, 0.6) is 0 Å². The number of rotatable bonds is 6. The van der Waals surface area contributed by atoms with E-state index in [-0.39, 0.29) is 18.0 Å². The molecule has 3 nitrogen and oxygen atoms in total. The van der Waals surface area contributed by atoms with Gasteiger partial charge in [0, 0.05) is 10.6 Å². The van der Waals surface area contributed by atoms with Crippen LogP contribution in [0, 0.1) is 0 Å². The number of hydrogen-bond donors (Lipinski definition) is 2. The topological polar surface area (TPSA) is 41.1 Å². The second-order valence-corrected chi connectivity index (χ2v) is 6.58. The molecule has 0 spiro atoms. The maximum absolute atomic E-state index is 12.5. The number of para-hydroxylation sites is 1. The average Bonchev–Trinajstić information content (AvgIpc) is 3.15. The Bertz CT molecular complexity index is 757. The minimum absolute atomic E-state index is 0.00252. The van der Waals surface area contributed by atoms with Crippen molar-refractivity contribution in [2.45, 2.75) is 19.0 Å². The molecule has 2 atom stereocenters. The number of carbonyl (C=O) groups excluding carboxylic acids is 1. The highest BCUT2D eigenvalue weighted by Gasteiger charge is 2.21. The number of amides is 1.